The minimum Gasteiger partial charge on any atom is -0.373 e. The summed E-state index contributed by atoms with van der Waals surface area (Å²) in [5.74, 6) is -4.29. The first-order valence-corrected chi connectivity index (χ1v) is 16.9. The molecule has 3 aromatic carbocycles. The van der Waals surface area contributed by atoms with Crippen molar-refractivity contribution in [1.82, 2.24) is 19.9 Å². The third-order valence-electron chi connectivity index (χ3n) is 8.40. The molecule has 6 atom stereocenters. The first-order chi connectivity index (χ1) is 22.8. The topological polar surface area (TPSA) is 87.9 Å². The van der Waals surface area contributed by atoms with Crippen LogP contribution in [0.5, 0.6) is 0 Å². The van der Waals surface area contributed by atoms with Gasteiger partial charge in [-0.1, -0.05) is 63.2 Å². The van der Waals surface area contributed by atoms with Crippen molar-refractivity contribution < 1.29 is 36.9 Å². The lowest BCUT2D eigenvalue weighted by Crippen LogP contribution is -2.59. The summed E-state index contributed by atoms with van der Waals surface area (Å²) in [7, 11) is 0. The van der Waals surface area contributed by atoms with E-state index in [4.69, 9.17) is 18.9 Å². The number of halogens is 4. The molecule has 0 N–H and O–H groups in total. The van der Waals surface area contributed by atoms with Gasteiger partial charge < -0.3 is 23.8 Å². The number of amides is 1. The van der Waals surface area contributed by atoms with Crippen molar-refractivity contribution in [3.05, 3.63) is 99.9 Å². The monoisotopic (exact) mass is 730 g/mol. The summed E-state index contributed by atoms with van der Waals surface area (Å²) in [4.78, 5) is 15.9. The van der Waals surface area contributed by atoms with Crippen LogP contribution < -0.4 is 0 Å². The van der Waals surface area contributed by atoms with E-state index in [2.05, 4.69) is 26.2 Å². The molecule has 3 fully saturated rings. The zero-order chi connectivity index (χ0) is 32.7. The highest BCUT2D eigenvalue weighted by atomic mass is 79.9. The quantitative estimate of drug-likeness (QED) is 0.189. The third kappa shape index (κ3) is 6.46. The maximum absolute atomic E-state index is 14.2. The number of nitrogens with zero attached hydrogens (tertiary/aromatic N) is 4. The van der Waals surface area contributed by atoms with E-state index < -0.39 is 53.5 Å². The Hall–Kier alpha value is -3.27. The van der Waals surface area contributed by atoms with E-state index in [9.17, 15) is 18.0 Å². The molecule has 4 aromatic rings. The number of rotatable bonds is 8. The van der Waals surface area contributed by atoms with E-state index in [1.54, 1.807) is 15.6 Å². The van der Waals surface area contributed by atoms with Gasteiger partial charge in [-0.15, -0.1) is 5.10 Å². The summed E-state index contributed by atoms with van der Waals surface area (Å²) in [6.07, 6.45) is -0.129. The Morgan fingerprint density at radius 1 is 1.06 bits per heavy atom. The summed E-state index contributed by atoms with van der Waals surface area (Å²) < 4.78 is 70.1. The first kappa shape index (κ1) is 32.3. The summed E-state index contributed by atoms with van der Waals surface area (Å²) >= 11 is 4.90. The van der Waals surface area contributed by atoms with Crippen molar-refractivity contribution in [1.29, 1.82) is 0 Å². The first-order valence-electron chi connectivity index (χ1n) is 15.2. The molecule has 0 radical (unpaired) electrons. The van der Waals surface area contributed by atoms with Crippen LogP contribution in [0.4, 0.5) is 13.2 Å². The van der Waals surface area contributed by atoms with Crippen LogP contribution in [0, 0.1) is 17.5 Å². The lowest BCUT2D eigenvalue weighted by atomic mass is 9.95. The molecule has 7 rings (SSSR count). The van der Waals surface area contributed by atoms with Crippen LogP contribution in [0.2, 0.25) is 0 Å². The predicted octanol–water partition coefficient (Wildman–Crippen LogP) is 6.55. The number of benzene rings is 3. The van der Waals surface area contributed by atoms with Crippen LogP contribution >= 0.6 is 27.7 Å². The van der Waals surface area contributed by atoms with Gasteiger partial charge in [-0.05, 0) is 43.7 Å². The zero-order valence-electron chi connectivity index (χ0n) is 25.1. The van der Waals surface area contributed by atoms with Gasteiger partial charge in [0.25, 0.3) is 5.91 Å². The Morgan fingerprint density at radius 2 is 1.83 bits per heavy atom. The number of hydrogen-bond donors (Lipinski definition) is 0. The Labute approximate surface area is 281 Å². The fraction of sp³-hybridized carbons (Fsp3) is 0.364. The highest BCUT2D eigenvalue weighted by molar-refractivity contribution is 9.10. The molecule has 6 unspecified atom stereocenters. The van der Waals surface area contributed by atoms with Crippen LogP contribution in [0.1, 0.15) is 41.6 Å². The third-order valence-corrected chi connectivity index (χ3v) is 10.1. The Bertz CT molecular complexity index is 1740. The van der Waals surface area contributed by atoms with E-state index in [0.29, 0.717) is 30.2 Å². The molecule has 0 bridgehead atoms. The number of hydrogen-bond acceptors (Lipinski definition) is 8. The second kappa shape index (κ2) is 13.7. The molecule has 246 valence electrons. The fourth-order valence-corrected chi connectivity index (χ4v) is 7.77. The van der Waals surface area contributed by atoms with Crippen LogP contribution in [-0.4, -0.2) is 75.9 Å². The van der Waals surface area contributed by atoms with E-state index in [0.717, 1.165) is 28.6 Å². The van der Waals surface area contributed by atoms with Gasteiger partial charge in [0.15, 0.2) is 23.7 Å². The number of carbonyl (C=O) groups is 1. The van der Waals surface area contributed by atoms with Gasteiger partial charge in [0, 0.05) is 40.2 Å². The van der Waals surface area contributed by atoms with Gasteiger partial charge >= 0.3 is 0 Å². The Balaban J connectivity index is 1.27. The van der Waals surface area contributed by atoms with E-state index in [1.165, 1.54) is 18.0 Å². The molecule has 14 heteroatoms. The van der Waals surface area contributed by atoms with Gasteiger partial charge in [-0.3, -0.25) is 4.79 Å². The number of ether oxygens (including phenoxy) is 4. The Kier molecular flexibility index (Phi) is 9.40. The van der Waals surface area contributed by atoms with Crippen molar-refractivity contribution in [2.45, 2.75) is 54.3 Å². The second-order valence-corrected chi connectivity index (χ2v) is 13.4. The standard InChI is InChI=1S/C33H30BrF3N4O5S/c1-2-43-30-28(41-16-24(38-39-41)19-13-22(35)27(37)23(36)14-19)29-25(17-44-32(46-29)18-7-4-3-5-8-18)45-33(30)47-26-15-20(34)9-10-21(26)31(42)40-11-6-12-40/h3-5,7-10,13-16,25,28-30,32-33H,2,6,11-12,17H2,1H3. The highest BCUT2D eigenvalue weighted by Gasteiger charge is 2.52. The molecule has 4 heterocycles. The molecule has 0 spiro atoms. The predicted molar refractivity (Wildman–Crippen MR) is 169 cm³/mol. The average Bonchev–Trinajstić information content (AvgIpc) is 3.53. The maximum atomic E-state index is 14.2. The number of aromatic nitrogens is 3. The number of likely N-dealkylation sites (tertiary alicyclic amines) is 1. The molecule has 3 aliphatic heterocycles. The second-order valence-electron chi connectivity index (χ2n) is 11.4. The summed E-state index contributed by atoms with van der Waals surface area (Å²) in [5.41, 5.74) is 0.861. The van der Waals surface area contributed by atoms with Gasteiger partial charge in [0.05, 0.1) is 18.4 Å². The highest BCUT2D eigenvalue weighted by Crippen LogP contribution is 2.45. The minimum atomic E-state index is -1.56. The number of fused-ring (bicyclic) bond motifs is 1. The van der Waals surface area contributed by atoms with Crippen LogP contribution in [-0.2, 0) is 18.9 Å². The molecular formula is C33H30BrF3N4O5S. The molecule has 9 nitrogen and oxygen atoms in total. The zero-order valence-corrected chi connectivity index (χ0v) is 27.5. The molecule has 0 aliphatic carbocycles. The van der Waals surface area contributed by atoms with Crippen molar-refractivity contribution in [2.75, 3.05) is 26.3 Å². The lowest BCUT2D eigenvalue weighted by Gasteiger charge is -2.49. The summed E-state index contributed by atoms with van der Waals surface area (Å²) in [6.45, 7) is 3.77. The van der Waals surface area contributed by atoms with Gasteiger partial charge in [-0.25, -0.2) is 17.9 Å². The molecule has 1 aromatic heterocycles. The van der Waals surface area contributed by atoms with Gasteiger partial charge in [-0.2, -0.15) is 0 Å². The molecule has 1 amide bonds. The van der Waals surface area contributed by atoms with Crippen molar-refractivity contribution in [2.24, 2.45) is 0 Å². The Morgan fingerprint density at radius 3 is 2.53 bits per heavy atom. The average molecular weight is 732 g/mol. The lowest BCUT2D eigenvalue weighted by molar-refractivity contribution is -0.309. The van der Waals surface area contributed by atoms with Crippen molar-refractivity contribution in [3.8, 4) is 11.3 Å². The molecular weight excluding hydrogens is 701 g/mol. The van der Waals surface area contributed by atoms with Crippen molar-refractivity contribution in [3.63, 3.8) is 0 Å². The van der Waals surface area contributed by atoms with E-state index >= 15 is 0 Å². The molecule has 0 saturated carbocycles. The minimum absolute atomic E-state index is 0.0217. The molecule has 3 saturated heterocycles. The number of thioether (sulfide) groups is 1. The van der Waals surface area contributed by atoms with Gasteiger partial charge in [0.1, 0.15) is 35.5 Å². The van der Waals surface area contributed by atoms with Crippen LogP contribution in [0.15, 0.2) is 76.2 Å². The largest absolute Gasteiger partial charge is 0.373 e. The van der Waals surface area contributed by atoms with Crippen LogP contribution in [0.25, 0.3) is 11.3 Å². The smallest absolute Gasteiger partial charge is 0.254 e. The van der Waals surface area contributed by atoms with Gasteiger partial charge in [0.2, 0.25) is 0 Å². The summed E-state index contributed by atoms with van der Waals surface area (Å²) in [6, 6.07) is 16.1. The number of carbonyl (C=O) groups excluding carboxylic acids is 1. The van der Waals surface area contributed by atoms with E-state index in [1.807, 2.05) is 49.4 Å². The van der Waals surface area contributed by atoms with E-state index in [-0.39, 0.29) is 23.8 Å². The normalized spacial score (nSPS) is 25.7. The van der Waals surface area contributed by atoms with Crippen molar-refractivity contribution >= 4 is 33.6 Å². The maximum Gasteiger partial charge on any atom is 0.254 e. The summed E-state index contributed by atoms with van der Waals surface area (Å²) in [5, 5.41) is 8.54. The fourth-order valence-electron chi connectivity index (χ4n) is 5.96. The molecule has 47 heavy (non-hydrogen) atoms. The molecule has 3 aliphatic rings. The van der Waals surface area contributed by atoms with Crippen LogP contribution in [0.3, 0.4) is 0 Å². The SMILES string of the molecule is CCOC1C(Sc2cc(Br)ccc2C(=O)N2CCC2)OC2COC(c3ccccc3)OC2C1n1cc(-c2cc(F)c(F)c(F)c2)nn1.